The van der Waals surface area contributed by atoms with E-state index in [0.29, 0.717) is 0 Å². The van der Waals surface area contributed by atoms with Crippen molar-refractivity contribution in [3.8, 4) is 17.2 Å². The Kier molecular flexibility index (Phi) is 3.92. The van der Waals surface area contributed by atoms with E-state index in [1.54, 1.807) is 0 Å². The summed E-state index contributed by atoms with van der Waals surface area (Å²) in [6.45, 7) is 0. The molecule has 2 aromatic rings. The molecule has 0 aliphatic rings. The van der Waals surface area contributed by atoms with Crippen molar-refractivity contribution in [2.75, 3.05) is 5.32 Å². The second kappa shape index (κ2) is 5.48. The molecule has 104 valence electrons. The van der Waals surface area contributed by atoms with Crippen molar-refractivity contribution in [2.24, 2.45) is 0 Å². The number of anilines is 1. The standard InChI is InChI=1S/C13H9Cl2NO4/c14-9-3-6(4-10(15)12(9)19)16-13(20)8-2-1-7(17)5-11(8)18/h1-5,17-19H,(H,16,20). The Hall–Kier alpha value is -2.11. The summed E-state index contributed by atoms with van der Waals surface area (Å²) in [5.74, 6) is -1.41. The highest BCUT2D eigenvalue weighted by atomic mass is 35.5. The van der Waals surface area contributed by atoms with Crippen molar-refractivity contribution in [1.82, 2.24) is 0 Å². The SMILES string of the molecule is O=C(Nc1cc(Cl)c(O)c(Cl)c1)c1ccc(O)cc1O. The molecule has 2 rings (SSSR count). The molecule has 5 nitrogen and oxygen atoms in total. The van der Waals surface area contributed by atoms with E-state index >= 15 is 0 Å². The zero-order valence-electron chi connectivity index (χ0n) is 9.89. The first-order valence-electron chi connectivity index (χ1n) is 5.40. The van der Waals surface area contributed by atoms with Crippen molar-refractivity contribution in [2.45, 2.75) is 0 Å². The van der Waals surface area contributed by atoms with Gasteiger partial charge in [0.1, 0.15) is 11.5 Å². The molecule has 0 spiro atoms. The van der Waals surface area contributed by atoms with E-state index in [9.17, 15) is 15.0 Å². The minimum absolute atomic E-state index is 0.0114. The second-order valence-electron chi connectivity index (χ2n) is 3.94. The smallest absolute Gasteiger partial charge is 0.259 e. The lowest BCUT2D eigenvalue weighted by Gasteiger charge is -2.09. The first-order valence-corrected chi connectivity index (χ1v) is 6.15. The molecule has 0 aromatic heterocycles. The number of benzene rings is 2. The number of rotatable bonds is 2. The van der Waals surface area contributed by atoms with Gasteiger partial charge in [-0.1, -0.05) is 23.2 Å². The van der Waals surface area contributed by atoms with E-state index in [0.717, 1.165) is 6.07 Å². The van der Waals surface area contributed by atoms with Crippen LogP contribution in [0.3, 0.4) is 0 Å². The van der Waals surface area contributed by atoms with Gasteiger partial charge in [0, 0.05) is 11.8 Å². The number of phenolic OH excluding ortho intramolecular Hbond substituents is 3. The first kappa shape index (κ1) is 14.3. The highest BCUT2D eigenvalue weighted by molar-refractivity contribution is 6.37. The van der Waals surface area contributed by atoms with E-state index in [4.69, 9.17) is 28.3 Å². The molecular weight excluding hydrogens is 305 g/mol. The minimum atomic E-state index is -0.611. The maximum Gasteiger partial charge on any atom is 0.259 e. The molecule has 0 saturated carbocycles. The fraction of sp³-hybridized carbons (Fsp3) is 0. The van der Waals surface area contributed by atoms with Crippen LogP contribution in [-0.4, -0.2) is 21.2 Å². The van der Waals surface area contributed by atoms with Crippen LogP contribution in [0, 0.1) is 0 Å². The monoisotopic (exact) mass is 313 g/mol. The summed E-state index contributed by atoms with van der Waals surface area (Å²) in [5, 5.41) is 30.6. The number of hydrogen-bond acceptors (Lipinski definition) is 4. The van der Waals surface area contributed by atoms with Crippen molar-refractivity contribution >= 4 is 34.8 Å². The van der Waals surface area contributed by atoms with Crippen LogP contribution in [0.4, 0.5) is 5.69 Å². The first-order chi connectivity index (χ1) is 9.38. The van der Waals surface area contributed by atoms with E-state index in [2.05, 4.69) is 5.32 Å². The molecule has 0 unspecified atom stereocenters. The summed E-state index contributed by atoms with van der Waals surface area (Å²) in [6.07, 6.45) is 0. The summed E-state index contributed by atoms with van der Waals surface area (Å²) in [6, 6.07) is 6.22. The molecule has 0 saturated heterocycles. The highest BCUT2D eigenvalue weighted by Gasteiger charge is 2.14. The third-order valence-corrected chi connectivity index (χ3v) is 3.08. The lowest BCUT2D eigenvalue weighted by molar-refractivity contribution is 0.102. The molecule has 7 heteroatoms. The lowest BCUT2D eigenvalue weighted by atomic mass is 10.1. The largest absolute Gasteiger partial charge is 0.508 e. The van der Waals surface area contributed by atoms with Gasteiger partial charge in [-0.05, 0) is 24.3 Å². The summed E-state index contributed by atoms with van der Waals surface area (Å²) >= 11 is 11.5. The van der Waals surface area contributed by atoms with Gasteiger partial charge < -0.3 is 20.6 Å². The van der Waals surface area contributed by atoms with Crippen LogP contribution in [0.1, 0.15) is 10.4 Å². The van der Waals surface area contributed by atoms with Gasteiger partial charge >= 0.3 is 0 Å². The van der Waals surface area contributed by atoms with Gasteiger partial charge in [0.15, 0.2) is 5.75 Å². The van der Waals surface area contributed by atoms with Crippen LogP contribution in [0.5, 0.6) is 17.2 Å². The zero-order chi connectivity index (χ0) is 14.9. The molecule has 4 N–H and O–H groups in total. The average molecular weight is 314 g/mol. The normalized spacial score (nSPS) is 10.3. The fourth-order valence-electron chi connectivity index (χ4n) is 1.55. The van der Waals surface area contributed by atoms with Crippen molar-refractivity contribution < 1.29 is 20.1 Å². The average Bonchev–Trinajstić information content (AvgIpc) is 2.35. The quantitative estimate of drug-likeness (QED) is 0.640. The summed E-state index contributed by atoms with van der Waals surface area (Å²) in [5.41, 5.74) is 0.235. The van der Waals surface area contributed by atoms with Crippen molar-refractivity contribution in [3.05, 3.63) is 45.9 Å². The molecule has 20 heavy (non-hydrogen) atoms. The third kappa shape index (κ3) is 2.89. The molecule has 0 bridgehead atoms. The van der Waals surface area contributed by atoms with Crippen LogP contribution >= 0.6 is 23.2 Å². The number of carbonyl (C=O) groups is 1. The van der Waals surface area contributed by atoms with Crippen LogP contribution in [-0.2, 0) is 0 Å². The van der Waals surface area contributed by atoms with E-state index in [1.807, 2.05) is 0 Å². The second-order valence-corrected chi connectivity index (χ2v) is 4.76. The lowest BCUT2D eigenvalue weighted by Crippen LogP contribution is -2.12. The zero-order valence-corrected chi connectivity index (χ0v) is 11.4. The Morgan fingerprint density at radius 1 is 1.00 bits per heavy atom. The Bertz CT molecular complexity index is 665. The predicted octanol–water partition coefficient (Wildman–Crippen LogP) is 3.36. The van der Waals surface area contributed by atoms with Crippen LogP contribution < -0.4 is 5.32 Å². The van der Waals surface area contributed by atoms with Crippen LogP contribution in [0.2, 0.25) is 10.0 Å². The van der Waals surface area contributed by atoms with Gasteiger partial charge in [-0.25, -0.2) is 0 Å². The van der Waals surface area contributed by atoms with Gasteiger partial charge in [-0.3, -0.25) is 4.79 Å². The predicted molar refractivity (Wildman–Crippen MR) is 75.9 cm³/mol. The molecule has 0 atom stereocenters. The third-order valence-electron chi connectivity index (χ3n) is 2.50. The molecule has 1 amide bonds. The topological polar surface area (TPSA) is 89.8 Å². The van der Waals surface area contributed by atoms with Gasteiger partial charge in [0.05, 0.1) is 15.6 Å². The molecule has 2 aromatic carbocycles. The number of carbonyl (C=O) groups excluding carboxylic acids is 1. The highest BCUT2D eigenvalue weighted by Crippen LogP contribution is 2.35. The maximum atomic E-state index is 12.0. The van der Waals surface area contributed by atoms with E-state index in [-0.39, 0.29) is 38.5 Å². The van der Waals surface area contributed by atoms with Crippen molar-refractivity contribution in [3.63, 3.8) is 0 Å². The Morgan fingerprint density at radius 2 is 1.60 bits per heavy atom. The Balaban J connectivity index is 2.28. The van der Waals surface area contributed by atoms with Crippen LogP contribution in [0.25, 0.3) is 0 Å². The fourth-order valence-corrected chi connectivity index (χ4v) is 2.04. The van der Waals surface area contributed by atoms with Gasteiger partial charge in [-0.2, -0.15) is 0 Å². The van der Waals surface area contributed by atoms with Gasteiger partial charge in [-0.15, -0.1) is 0 Å². The molecule has 0 aliphatic heterocycles. The summed E-state index contributed by atoms with van der Waals surface area (Å²) < 4.78 is 0. The Labute approximate surface area is 124 Å². The summed E-state index contributed by atoms with van der Waals surface area (Å²) in [4.78, 5) is 12.0. The number of halogens is 2. The number of phenols is 3. The molecule has 0 radical (unpaired) electrons. The number of nitrogens with one attached hydrogen (secondary N) is 1. The molecular formula is C13H9Cl2NO4. The van der Waals surface area contributed by atoms with Gasteiger partial charge in [0.25, 0.3) is 5.91 Å². The maximum absolute atomic E-state index is 12.0. The van der Waals surface area contributed by atoms with Crippen LogP contribution in [0.15, 0.2) is 30.3 Å². The molecule has 0 fully saturated rings. The number of amides is 1. The number of hydrogen-bond donors (Lipinski definition) is 4. The van der Waals surface area contributed by atoms with E-state index < -0.39 is 5.91 Å². The number of aromatic hydroxyl groups is 3. The van der Waals surface area contributed by atoms with Gasteiger partial charge in [0.2, 0.25) is 0 Å². The van der Waals surface area contributed by atoms with E-state index in [1.165, 1.54) is 24.3 Å². The Morgan fingerprint density at radius 3 is 2.15 bits per heavy atom. The minimum Gasteiger partial charge on any atom is -0.508 e. The molecule has 0 aliphatic carbocycles. The summed E-state index contributed by atoms with van der Waals surface area (Å²) in [7, 11) is 0. The molecule has 0 heterocycles. The van der Waals surface area contributed by atoms with Crippen molar-refractivity contribution in [1.29, 1.82) is 0 Å².